The van der Waals surface area contributed by atoms with Crippen molar-refractivity contribution in [2.75, 3.05) is 32.1 Å². The molecule has 0 radical (unpaired) electrons. The molecule has 2 aromatic carbocycles. The minimum absolute atomic E-state index is 0.0510. The van der Waals surface area contributed by atoms with Crippen molar-refractivity contribution in [3.05, 3.63) is 63.7 Å². The van der Waals surface area contributed by atoms with Gasteiger partial charge in [-0.15, -0.1) is 0 Å². The van der Waals surface area contributed by atoms with Crippen molar-refractivity contribution in [2.45, 2.75) is 12.8 Å². The number of nitrogens with zero attached hydrogens (tertiary/aromatic N) is 2. The Morgan fingerprint density at radius 3 is 2.55 bits per heavy atom. The first-order valence-electron chi connectivity index (χ1n) is 9.62. The fraction of sp³-hybridized carbons (Fsp3) is 0.333. The number of ketones is 1. The summed E-state index contributed by atoms with van der Waals surface area (Å²) in [7, 11) is 1.35. The van der Waals surface area contributed by atoms with Gasteiger partial charge >= 0.3 is 0 Å². The Kier molecular flexibility index (Phi) is 6.91. The van der Waals surface area contributed by atoms with Crippen LogP contribution in [0.2, 0.25) is 0 Å². The molecule has 31 heavy (non-hydrogen) atoms. The monoisotopic (exact) mass is 433 g/mol. The molecule has 2 aromatic rings. The number of nitro groups is 1. The maximum atomic E-state index is 13.9. The van der Waals surface area contributed by atoms with E-state index in [0.717, 1.165) is 18.2 Å². The van der Waals surface area contributed by atoms with Gasteiger partial charge in [0.05, 0.1) is 35.9 Å². The Labute approximate surface area is 176 Å². The summed E-state index contributed by atoms with van der Waals surface area (Å²) in [6.07, 6.45) is 0.839. The molecule has 164 valence electrons. The van der Waals surface area contributed by atoms with E-state index < -0.39 is 28.3 Å². The number of piperidine rings is 1. The molecule has 10 heteroatoms. The maximum absolute atomic E-state index is 13.9. The molecule has 0 aromatic heterocycles. The number of nitro benzene ring substituents is 1. The third kappa shape index (κ3) is 5.40. The second kappa shape index (κ2) is 9.61. The lowest BCUT2D eigenvalue weighted by atomic mass is 9.88. The van der Waals surface area contributed by atoms with Crippen molar-refractivity contribution in [1.29, 1.82) is 0 Å². The van der Waals surface area contributed by atoms with Crippen LogP contribution in [-0.2, 0) is 4.79 Å². The predicted molar refractivity (Wildman–Crippen MR) is 108 cm³/mol. The maximum Gasteiger partial charge on any atom is 0.273 e. The molecule has 0 aliphatic carbocycles. The van der Waals surface area contributed by atoms with Gasteiger partial charge in [-0.25, -0.2) is 8.78 Å². The van der Waals surface area contributed by atoms with E-state index in [0.29, 0.717) is 31.6 Å². The standard InChI is InChI=1S/C21H21F2N3O5/c1-31-19-11-15(26(29)30)3-5-18(19)24-20(27)12-25-8-6-13(7-9-25)21(28)16-10-14(22)2-4-17(16)23/h2-5,10-11,13H,6-9,12H2,1H3,(H,24,27). The number of non-ortho nitro benzene ring substituents is 1. The van der Waals surface area contributed by atoms with Gasteiger partial charge in [-0.05, 0) is 50.2 Å². The smallest absolute Gasteiger partial charge is 0.273 e. The van der Waals surface area contributed by atoms with Crippen LogP contribution in [0.4, 0.5) is 20.2 Å². The summed E-state index contributed by atoms with van der Waals surface area (Å²) in [6, 6.07) is 6.70. The molecule has 3 rings (SSSR count). The number of nitrogens with one attached hydrogen (secondary N) is 1. The van der Waals surface area contributed by atoms with Crippen LogP contribution >= 0.6 is 0 Å². The van der Waals surface area contributed by atoms with Crippen LogP contribution in [0.3, 0.4) is 0 Å². The van der Waals surface area contributed by atoms with Crippen molar-refractivity contribution in [2.24, 2.45) is 5.92 Å². The number of ether oxygens (including phenoxy) is 1. The highest BCUT2D eigenvalue weighted by Gasteiger charge is 2.28. The summed E-state index contributed by atoms with van der Waals surface area (Å²) in [5.41, 5.74) is -0.0949. The first kappa shape index (κ1) is 22.3. The van der Waals surface area contributed by atoms with Crippen LogP contribution in [0.1, 0.15) is 23.2 Å². The summed E-state index contributed by atoms with van der Waals surface area (Å²) in [5.74, 6) is -2.45. The predicted octanol–water partition coefficient (Wildman–Crippen LogP) is 3.42. The van der Waals surface area contributed by atoms with Gasteiger partial charge in [0.15, 0.2) is 5.78 Å². The van der Waals surface area contributed by atoms with Crippen molar-refractivity contribution < 1.29 is 28.0 Å². The molecule has 0 unspecified atom stereocenters. The van der Waals surface area contributed by atoms with Gasteiger partial charge in [0, 0.05) is 12.0 Å². The van der Waals surface area contributed by atoms with Gasteiger partial charge in [0.2, 0.25) is 5.91 Å². The number of likely N-dealkylation sites (tertiary alicyclic amines) is 1. The average Bonchev–Trinajstić information content (AvgIpc) is 2.75. The molecule has 1 aliphatic heterocycles. The Bertz CT molecular complexity index is 1010. The number of benzene rings is 2. The number of carbonyl (C=O) groups is 2. The first-order valence-corrected chi connectivity index (χ1v) is 9.62. The van der Waals surface area contributed by atoms with E-state index in [1.54, 1.807) is 0 Å². The summed E-state index contributed by atoms with van der Waals surface area (Å²) >= 11 is 0. The SMILES string of the molecule is COc1cc([N+](=O)[O-])ccc1NC(=O)CN1CCC(C(=O)c2cc(F)ccc2F)CC1. The number of rotatable bonds is 7. The lowest BCUT2D eigenvalue weighted by Crippen LogP contribution is -2.40. The number of halogens is 2. The summed E-state index contributed by atoms with van der Waals surface area (Å²) in [5, 5.41) is 13.5. The molecule has 0 saturated carbocycles. The zero-order valence-corrected chi connectivity index (χ0v) is 16.8. The van der Waals surface area contributed by atoms with E-state index in [9.17, 15) is 28.5 Å². The highest BCUT2D eigenvalue weighted by Crippen LogP contribution is 2.29. The van der Waals surface area contributed by atoms with Gasteiger partial charge in [-0.2, -0.15) is 0 Å². The number of amides is 1. The van der Waals surface area contributed by atoms with Crippen molar-refractivity contribution in [3.63, 3.8) is 0 Å². The lowest BCUT2D eigenvalue weighted by molar-refractivity contribution is -0.384. The topological polar surface area (TPSA) is 102 Å². The van der Waals surface area contributed by atoms with Crippen molar-refractivity contribution in [3.8, 4) is 5.75 Å². The first-order chi connectivity index (χ1) is 14.8. The molecule has 1 saturated heterocycles. The zero-order valence-electron chi connectivity index (χ0n) is 16.8. The van der Waals surface area contributed by atoms with Crippen LogP contribution in [0.15, 0.2) is 36.4 Å². The number of carbonyl (C=O) groups excluding carboxylic acids is 2. The number of Topliss-reactive ketones (excluding diaryl/α,β-unsaturated/α-hetero) is 1. The normalized spacial score (nSPS) is 14.8. The van der Waals surface area contributed by atoms with Crippen LogP contribution in [0.25, 0.3) is 0 Å². The molecular formula is C21H21F2N3O5. The molecular weight excluding hydrogens is 412 g/mol. The number of methoxy groups -OCH3 is 1. The Hall–Kier alpha value is -3.40. The fourth-order valence-corrected chi connectivity index (χ4v) is 3.55. The molecule has 0 spiro atoms. The largest absolute Gasteiger partial charge is 0.494 e. The van der Waals surface area contributed by atoms with Crippen LogP contribution < -0.4 is 10.1 Å². The molecule has 0 bridgehead atoms. The summed E-state index contributed by atoms with van der Waals surface area (Å²) < 4.78 is 32.3. The van der Waals surface area contributed by atoms with E-state index in [1.807, 2.05) is 4.90 Å². The fourth-order valence-electron chi connectivity index (χ4n) is 3.55. The van der Waals surface area contributed by atoms with E-state index in [4.69, 9.17) is 4.74 Å². The summed E-state index contributed by atoms with van der Waals surface area (Å²) in [4.78, 5) is 37.1. The molecule has 1 N–H and O–H groups in total. The minimum atomic E-state index is -0.745. The van der Waals surface area contributed by atoms with Gasteiger partial charge in [-0.3, -0.25) is 24.6 Å². The highest BCUT2D eigenvalue weighted by atomic mass is 19.1. The van der Waals surface area contributed by atoms with E-state index in [2.05, 4.69) is 5.32 Å². The van der Waals surface area contributed by atoms with Gasteiger partial charge in [0.1, 0.15) is 17.4 Å². The lowest BCUT2D eigenvalue weighted by Gasteiger charge is -2.30. The van der Waals surface area contributed by atoms with E-state index in [1.165, 1.54) is 25.3 Å². The van der Waals surface area contributed by atoms with Crippen molar-refractivity contribution >= 4 is 23.1 Å². The Morgan fingerprint density at radius 2 is 1.90 bits per heavy atom. The minimum Gasteiger partial charge on any atom is -0.494 e. The summed E-state index contributed by atoms with van der Waals surface area (Å²) in [6.45, 7) is 0.936. The molecule has 1 heterocycles. The Balaban J connectivity index is 1.55. The van der Waals surface area contributed by atoms with Gasteiger partial charge in [-0.1, -0.05) is 0 Å². The molecule has 1 amide bonds. The number of hydrogen-bond donors (Lipinski definition) is 1. The zero-order chi connectivity index (χ0) is 22.5. The third-order valence-electron chi connectivity index (χ3n) is 5.19. The molecule has 1 aliphatic rings. The number of hydrogen-bond acceptors (Lipinski definition) is 6. The van der Waals surface area contributed by atoms with Crippen LogP contribution in [-0.4, -0.2) is 48.3 Å². The molecule has 0 atom stereocenters. The van der Waals surface area contributed by atoms with Crippen LogP contribution in [0.5, 0.6) is 5.75 Å². The third-order valence-corrected chi connectivity index (χ3v) is 5.19. The van der Waals surface area contributed by atoms with E-state index >= 15 is 0 Å². The van der Waals surface area contributed by atoms with Crippen LogP contribution in [0, 0.1) is 27.7 Å². The Morgan fingerprint density at radius 1 is 1.19 bits per heavy atom. The molecule has 8 nitrogen and oxygen atoms in total. The quantitative estimate of drug-likeness (QED) is 0.408. The second-order valence-corrected chi connectivity index (χ2v) is 7.23. The highest BCUT2D eigenvalue weighted by molar-refractivity contribution is 5.98. The average molecular weight is 433 g/mol. The van der Waals surface area contributed by atoms with Crippen molar-refractivity contribution in [1.82, 2.24) is 4.90 Å². The number of anilines is 1. The van der Waals surface area contributed by atoms with Gasteiger partial charge in [0.25, 0.3) is 5.69 Å². The second-order valence-electron chi connectivity index (χ2n) is 7.23. The van der Waals surface area contributed by atoms with Gasteiger partial charge < -0.3 is 10.1 Å². The molecule has 1 fully saturated rings. The van der Waals surface area contributed by atoms with E-state index in [-0.39, 0.29) is 29.5 Å².